The number of piperazine rings is 1. The molecule has 0 amide bonds. The molecule has 0 bridgehead atoms. The van der Waals surface area contributed by atoms with Gasteiger partial charge in [0.05, 0.1) is 0 Å². The van der Waals surface area contributed by atoms with E-state index in [9.17, 15) is 0 Å². The summed E-state index contributed by atoms with van der Waals surface area (Å²) in [7, 11) is 1.99. The third-order valence-electron chi connectivity index (χ3n) is 4.18. The van der Waals surface area contributed by atoms with E-state index in [1.54, 1.807) is 0 Å². The first-order valence-electron chi connectivity index (χ1n) is 6.74. The first-order chi connectivity index (χ1) is 8.24. The average Bonchev–Trinajstić information content (AvgIpc) is 2.75. The summed E-state index contributed by atoms with van der Waals surface area (Å²) in [6.45, 7) is 5.96. The quantitative estimate of drug-likeness (QED) is 0.735. The number of fused-ring (bicyclic) bond motifs is 1. The normalized spacial score (nSPS) is 30.4. The van der Waals surface area contributed by atoms with Crippen molar-refractivity contribution in [2.45, 2.75) is 38.3 Å². The number of piperidine rings is 1. The Morgan fingerprint density at radius 3 is 2.94 bits per heavy atom. The van der Waals surface area contributed by atoms with Crippen LogP contribution >= 0.6 is 0 Å². The molecule has 17 heavy (non-hydrogen) atoms. The first kappa shape index (κ1) is 11.1. The van der Waals surface area contributed by atoms with E-state index < -0.39 is 0 Å². The van der Waals surface area contributed by atoms with Crippen LogP contribution in [0.4, 0.5) is 5.82 Å². The van der Waals surface area contributed by atoms with E-state index in [0.717, 1.165) is 18.4 Å². The van der Waals surface area contributed by atoms with Gasteiger partial charge in [-0.3, -0.25) is 9.58 Å². The van der Waals surface area contributed by atoms with Crippen molar-refractivity contribution in [3.05, 3.63) is 12.3 Å². The summed E-state index contributed by atoms with van der Waals surface area (Å²) >= 11 is 0. The van der Waals surface area contributed by atoms with E-state index in [4.69, 9.17) is 0 Å². The molecule has 2 saturated heterocycles. The lowest BCUT2D eigenvalue weighted by molar-refractivity contribution is 0.115. The zero-order valence-corrected chi connectivity index (χ0v) is 10.8. The molecule has 2 unspecified atom stereocenters. The molecular formula is C13H22N4. The van der Waals surface area contributed by atoms with Gasteiger partial charge in [0.15, 0.2) is 5.82 Å². The van der Waals surface area contributed by atoms with E-state index in [0.29, 0.717) is 6.04 Å². The lowest BCUT2D eigenvalue weighted by atomic mass is 9.97. The van der Waals surface area contributed by atoms with Crippen LogP contribution in [0, 0.1) is 0 Å². The molecule has 4 heteroatoms. The van der Waals surface area contributed by atoms with Crippen molar-refractivity contribution in [2.75, 3.05) is 24.5 Å². The number of rotatable bonds is 1. The highest BCUT2D eigenvalue weighted by atomic mass is 15.4. The molecule has 2 atom stereocenters. The summed E-state index contributed by atoms with van der Waals surface area (Å²) in [4.78, 5) is 5.15. The molecule has 94 valence electrons. The maximum absolute atomic E-state index is 4.55. The predicted molar refractivity (Wildman–Crippen MR) is 69.2 cm³/mol. The van der Waals surface area contributed by atoms with Crippen LogP contribution in [0.25, 0.3) is 0 Å². The molecule has 0 radical (unpaired) electrons. The van der Waals surface area contributed by atoms with Crippen molar-refractivity contribution in [2.24, 2.45) is 7.05 Å². The molecule has 0 N–H and O–H groups in total. The molecule has 0 aromatic carbocycles. The smallest absolute Gasteiger partial charge is 0.150 e. The van der Waals surface area contributed by atoms with Crippen LogP contribution < -0.4 is 4.90 Å². The van der Waals surface area contributed by atoms with Crippen molar-refractivity contribution in [1.82, 2.24) is 14.7 Å². The van der Waals surface area contributed by atoms with Crippen LogP contribution in [0.3, 0.4) is 0 Å². The maximum atomic E-state index is 4.55. The minimum Gasteiger partial charge on any atom is -0.350 e. The third-order valence-corrected chi connectivity index (χ3v) is 4.18. The van der Waals surface area contributed by atoms with Crippen LogP contribution in [0.1, 0.15) is 26.2 Å². The molecule has 1 aromatic heterocycles. The van der Waals surface area contributed by atoms with Crippen LogP contribution in [-0.2, 0) is 7.05 Å². The van der Waals surface area contributed by atoms with Crippen LogP contribution in [0.5, 0.6) is 0 Å². The second-order valence-electron chi connectivity index (χ2n) is 5.49. The fraction of sp³-hybridized carbons (Fsp3) is 0.769. The predicted octanol–water partition coefficient (Wildman–Crippen LogP) is 1.48. The van der Waals surface area contributed by atoms with Gasteiger partial charge in [0, 0.05) is 44.5 Å². The Balaban J connectivity index is 1.77. The topological polar surface area (TPSA) is 24.3 Å². The highest BCUT2D eigenvalue weighted by molar-refractivity contribution is 5.39. The van der Waals surface area contributed by atoms with Gasteiger partial charge >= 0.3 is 0 Å². The first-order valence-corrected chi connectivity index (χ1v) is 6.74. The molecule has 4 nitrogen and oxygen atoms in total. The Kier molecular flexibility index (Phi) is 2.82. The standard InChI is InChI=1S/C13H22N4/c1-11-9-16-7-4-3-5-12(16)10-17(11)13-6-8-15(2)14-13/h6,8,11-12H,3-5,7,9-10H2,1-2H3. The number of anilines is 1. The second kappa shape index (κ2) is 4.33. The zero-order chi connectivity index (χ0) is 11.8. The third kappa shape index (κ3) is 2.06. The summed E-state index contributed by atoms with van der Waals surface area (Å²) in [6.07, 6.45) is 6.17. The molecule has 2 aliphatic heterocycles. The Bertz CT molecular complexity index is 387. The molecule has 0 spiro atoms. The molecule has 3 heterocycles. The van der Waals surface area contributed by atoms with Crippen molar-refractivity contribution < 1.29 is 0 Å². The van der Waals surface area contributed by atoms with Gasteiger partial charge in [0.25, 0.3) is 0 Å². The number of hydrogen-bond donors (Lipinski definition) is 0. The van der Waals surface area contributed by atoms with Crippen molar-refractivity contribution in [3.63, 3.8) is 0 Å². The van der Waals surface area contributed by atoms with Crippen LogP contribution in [-0.4, -0.2) is 46.4 Å². The minimum absolute atomic E-state index is 0.583. The van der Waals surface area contributed by atoms with Gasteiger partial charge < -0.3 is 4.90 Å². The van der Waals surface area contributed by atoms with Gasteiger partial charge in [-0.1, -0.05) is 6.42 Å². The Hall–Kier alpha value is -1.03. The van der Waals surface area contributed by atoms with Crippen LogP contribution in [0.15, 0.2) is 12.3 Å². The Morgan fingerprint density at radius 1 is 1.29 bits per heavy atom. The summed E-state index contributed by atoms with van der Waals surface area (Å²) < 4.78 is 1.90. The highest BCUT2D eigenvalue weighted by Gasteiger charge is 2.33. The van der Waals surface area contributed by atoms with E-state index in [1.807, 2.05) is 17.9 Å². The van der Waals surface area contributed by atoms with Crippen LogP contribution in [0.2, 0.25) is 0 Å². The Morgan fingerprint density at radius 2 is 2.18 bits per heavy atom. The van der Waals surface area contributed by atoms with Gasteiger partial charge in [0.2, 0.25) is 0 Å². The zero-order valence-electron chi connectivity index (χ0n) is 10.8. The van der Waals surface area contributed by atoms with Gasteiger partial charge in [0.1, 0.15) is 0 Å². The molecule has 0 saturated carbocycles. The van der Waals surface area contributed by atoms with Gasteiger partial charge in [-0.25, -0.2) is 0 Å². The molecular weight excluding hydrogens is 212 g/mol. The van der Waals surface area contributed by atoms with E-state index in [-0.39, 0.29) is 0 Å². The van der Waals surface area contributed by atoms with Crippen molar-refractivity contribution in [1.29, 1.82) is 0 Å². The van der Waals surface area contributed by atoms with Crippen molar-refractivity contribution >= 4 is 5.82 Å². The summed E-state index contributed by atoms with van der Waals surface area (Å²) in [5.41, 5.74) is 0. The lowest BCUT2D eigenvalue weighted by Crippen LogP contribution is -2.59. The number of aromatic nitrogens is 2. The monoisotopic (exact) mass is 234 g/mol. The molecule has 2 aliphatic rings. The van der Waals surface area contributed by atoms with Gasteiger partial charge in [-0.05, 0) is 26.3 Å². The molecule has 3 rings (SSSR count). The fourth-order valence-electron chi connectivity index (χ4n) is 3.23. The maximum Gasteiger partial charge on any atom is 0.150 e. The summed E-state index contributed by atoms with van der Waals surface area (Å²) in [6, 6.07) is 3.47. The number of nitrogens with zero attached hydrogens (tertiary/aromatic N) is 4. The Labute approximate surface area is 103 Å². The average molecular weight is 234 g/mol. The minimum atomic E-state index is 0.583. The van der Waals surface area contributed by atoms with E-state index in [1.165, 1.54) is 32.4 Å². The van der Waals surface area contributed by atoms with Gasteiger partial charge in [-0.15, -0.1) is 0 Å². The van der Waals surface area contributed by atoms with E-state index >= 15 is 0 Å². The lowest BCUT2D eigenvalue weighted by Gasteiger charge is -2.47. The summed E-state index contributed by atoms with van der Waals surface area (Å²) in [5.74, 6) is 1.14. The molecule has 1 aromatic rings. The highest BCUT2D eigenvalue weighted by Crippen LogP contribution is 2.26. The largest absolute Gasteiger partial charge is 0.350 e. The van der Waals surface area contributed by atoms with E-state index in [2.05, 4.69) is 27.9 Å². The van der Waals surface area contributed by atoms with Crippen molar-refractivity contribution in [3.8, 4) is 0 Å². The molecule has 0 aliphatic carbocycles. The molecule has 2 fully saturated rings. The fourth-order valence-corrected chi connectivity index (χ4v) is 3.23. The second-order valence-corrected chi connectivity index (χ2v) is 5.49. The number of hydrogen-bond acceptors (Lipinski definition) is 3. The van der Waals surface area contributed by atoms with Gasteiger partial charge in [-0.2, -0.15) is 5.10 Å². The number of aryl methyl sites for hydroxylation is 1. The SMILES string of the molecule is CC1CN2CCCCC2CN1c1ccn(C)n1. The summed E-state index contributed by atoms with van der Waals surface area (Å²) in [5, 5.41) is 4.55.